The molecule has 0 aromatic heterocycles. The smallest absolute Gasteiger partial charge is 0.278 e. The first kappa shape index (κ1) is 12.9. The average molecular weight is 204 g/mol. The number of rotatable bonds is 5. The zero-order valence-electron chi connectivity index (χ0n) is 8.23. The molecule has 0 aliphatic heterocycles. The molecule has 0 aliphatic carbocycles. The molecular formula is C8H16N2O4. The van der Waals surface area contributed by atoms with Gasteiger partial charge in [0.05, 0.1) is 0 Å². The van der Waals surface area contributed by atoms with Crippen LogP contribution in [-0.4, -0.2) is 27.8 Å². The molecule has 0 bridgehead atoms. The van der Waals surface area contributed by atoms with Gasteiger partial charge in [-0.05, 0) is 12.3 Å². The Bertz CT molecular complexity index is 237. The monoisotopic (exact) mass is 204 g/mol. The number of carbonyl (C=O) groups is 2. The van der Waals surface area contributed by atoms with Gasteiger partial charge >= 0.3 is 0 Å². The van der Waals surface area contributed by atoms with Crippen LogP contribution in [0.4, 0.5) is 0 Å². The van der Waals surface area contributed by atoms with Gasteiger partial charge in [-0.25, -0.2) is 0 Å². The summed E-state index contributed by atoms with van der Waals surface area (Å²) in [6, 6.07) is 0. The van der Waals surface area contributed by atoms with Crippen LogP contribution in [0.15, 0.2) is 0 Å². The van der Waals surface area contributed by atoms with E-state index >= 15 is 0 Å². The second-order valence-corrected chi connectivity index (χ2v) is 3.67. The minimum atomic E-state index is -2.86. The molecule has 2 amide bonds. The normalized spacial score (nSPS) is 14.1. The molecule has 0 rings (SSSR count). The van der Waals surface area contributed by atoms with E-state index in [1.165, 1.54) is 0 Å². The lowest BCUT2D eigenvalue weighted by atomic mass is 9.88. The fourth-order valence-corrected chi connectivity index (χ4v) is 1.12. The number of carbonyl (C=O) groups excluding carboxylic acids is 2. The van der Waals surface area contributed by atoms with Crippen molar-refractivity contribution in [2.45, 2.75) is 26.1 Å². The number of primary amides is 2. The second kappa shape index (κ2) is 4.39. The molecule has 6 heteroatoms. The van der Waals surface area contributed by atoms with Crippen LogP contribution >= 0.6 is 0 Å². The minimum Gasteiger partial charge on any atom is -0.369 e. The Kier molecular flexibility index (Phi) is 4.03. The molecule has 0 saturated carbocycles. The largest absolute Gasteiger partial charge is 0.369 e. The second-order valence-electron chi connectivity index (χ2n) is 3.67. The van der Waals surface area contributed by atoms with E-state index in [2.05, 4.69) is 0 Å². The van der Waals surface area contributed by atoms with Crippen LogP contribution in [0.25, 0.3) is 0 Å². The molecule has 0 fully saturated rings. The zero-order valence-corrected chi connectivity index (χ0v) is 8.23. The van der Waals surface area contributed by atoms with Gasteiger partial charge in [0.2, 0.25) is 5.91 Å². The van der Waals surface area contributed by atoms with E-state index in [0.29, 0.717) is 0 Å². The summed E-state index contributed by atoms with van der Waals surface area (Å²) in [4.78, 5) is 21.5. The summed E-state index contributed by atoms with van der Waals surface area (Å²) in [5.74, 6) is -6.58. The van der Waals surface area contributed by atoms with Gasteiger partial charge in [-0.15, -0.1) is 0 Å². The molecule has 6 nitrogen and oxygen atoms in total. The van der Waals surface area contributed by atoms with Gasteiger partial charge in [-0.2, -0.15) is 0 Å². The van der Waals surface area contributed by atoms with Crippen LogP contribution in [0.3, 0.4) is 0 Å². The third kappa shape index (κ3) is 2.97. The SMILES string of the molecule is CC(C)C[C@H](C(N)=O)C(O)(O)C(N)=O. The van der Waals surface area contributed by atoms with Crippen molar-refractivity contribution in [2.75, 3.05) is 0 Å². The quantitative estimate of drug-likeness (QED) is 0.398. The molecule has 0 unspecified atom stereocenters. The topological polar surface area (TPSA) is 127 Å². The van der Waals surface area contributed by atoms with Crippen molar-refractivity contribution in [1.29, 1.82) is 0 Å². The van der Waals surface area contributed by atoms with E-state index in [1.807, 2.05) is 0 Å². The molecule has 14 heavy (non-hydrogen) atoms. The molecule has 0 aliphatic rings. The summed E-state index contributed by atoms with van der Waals surface area (Å²) in [6.45, 7) is 3.51. The Labute approximate surface area is 81.9 Å². The third-order valence-electron chi connectivity index (χ3n) is 1.90. The summed E-state index contributed by atoms with van der Waals surface area (Å²) in [5, 5.41) is 18.5. The molecular weight excluding hydrogens is 188 g/mol. The van der Waals surface area contributed by atoms with Crippen LogP contribution in [0, 0.1) is 11.8 Å². The maximum atomic E-state index is 10.9. The molecule has 0 aromatic carbocycles. The van der Waals surface area contributed by atoms with E-state index in [1.54, 1.807) is 13.8 Å². The van der Waals surface area contributed by atoms with Gasteiger partial charge in [0.25, 0.3) is 11.7 Å². The molecule has 0 heterocycles. The van der Waals surface area contributed by atoms with Crippen molar-refractivity contribution in [3.63, 3.8) is 0 Å². The van der Waals surface area contributed by atoms with Crippen LogP contribution in [-0.2, 0) is 9.59 Å². The molecule has 0 spiro atoms. The Morgan fingerprint density at radius 2 is 1.71 bits per heavy atom. The van der Waals surface area contributed by atoms with E-state index in [0.717, 1.165) is 0 Å². The number of nitrogens with two attached hydrogens (primary N) is 2. The standard InChI is InChI=1S/C8H16N2O4/c1-4(2)3-5(6(9)11)8(13,14)7(10)12/h4-5,13-14H,3H2,1-2H3,(H2,9,11)(H2,10,12)/t5-/m1/s1. The first-order chi connectivity index (χ1) is 6.19. The molecule has 1 atom stereocenters. The molecule has 0 radical (unpaired) electrons. The predicted molar refractivity (Wildman–Crippen MR) is 48.5 cm³/mol. The Hall–Kier alpha value is -1.14. The van der Waals surface area contributed by atoms with Gasteiger partial charge < -0.3 is 21.7 Å². The van der Waals surface area contributed by atoms with Gasteiger partial charge in [0.1, 0.15) is 5.92 Å². The summed E-state index contributed by atoms with van der Waals surface area (Å²) in [6.07, 6.45) is 0.0886. The van der Waals surface area contributed by atoms with E-state index in [-0.39, 0.29) is 12.3 Å². The third-order valence-corrected chi connectivity index (χ3v) is 1.90. The van der Waals surface area contributed by atoms with Crippen molar-refractivity contribution in [2.24, 2.45) is 23.3 Å². The maximum Gasteiger partial charge on any atom is 0.278 e. The van der Waals surface area contributed by atoms with Crippen LogP contribution in [0.2, 0.25) is 0 Å². The number of hydrogen-bond acceptors (Lipinski definition) is 4. The number of hydrogen-bond donors (Lipinski definition) is 4. The lowest BCUT2D eigenvalue weighted by molar-refractivity contribution is -0.205. The fourth-order valence-electron chi connectivity index (χ4n) is 1.12. The summed E-state index contributed by atoms with van der Waals surface area (Å²) in [7, 11) is 0. The maximum absolute atomic E-state index is 10.9. The van der Waals surface area contributed by atoms with Gasteiger partial charge in [-0.1, -0.05) is 13.8 Å². The predicted octanol–water partition coefficient (Wildman–Crippen LogP) is -1.70. The van der Waals surface area contributed by atoms with Gasteiger partial charge in [0, 0.05) is 0 Å². The van der Waals surface area contributed by atoms with E-state index in [4.69, 9.17) is 11.5 Å². The van der Waals surface area contributed by atoms with E-state index in [9.17, 15) is 19.8 Å². The van der Waals surface area contributed by atoms with Crippen molar-refractivity contribution < 1.29 is 19.8 Å². The average Bonchev–Trinajstić information content (AvgIpc) is 1.98. The van der Waals surface area contributed by atoms with Crippen molar-refractivity contribution in [3.05, 3.63) is 0 Å². The Morgan fingerprint density at radius 3 is 1.93 bits per heavy atom. The highest BCUT2D eigenvalue weighted by Gasteiger charge is 2.44. The van der Waals surface area contributed by atoms with E-state index < -0.39 is 23.5 Å². The fraction of sp³-hybridized carbons (Fsp3) is 0.750. The zero-order chi connectivity index (χ0) is 11.5. The summed E-state index contributed by atoms with van der Waals surface area (Å²) >= 11 is 0. The molecule has 6 N–H and O–H groups in total. The first-order valence-corrected chi connectivity index (χ1v) is 4.23. The first-order valence-electron chi connectivity index (χ1n) is 4.23. The summed E-state index contributed by atoms with van der Waals surface area (Å²) in [5.41, 5.74) is 9.68. The van der Waals surface area contributed by atoms with Crippen molar-refractivity contribution in [3.8, 4) is 0 Å². The highest BCUT2D eigenvalue weighted by molar-refractivity contribution is 5.89. The van der Waals surface area contributed by atoms with Crippen LogP contribution in [0.5, 0.6) is 0 Å². The lowest BCUT2D eigenvalue weighted by Gasteiger charge is -2.26. The highest BCUT2D eigenvalue weighted by atomic mass is 16.5. The van der Waals surface area contributed by atoms with Gasteiger partial charge in [-0.3, -0.25) is 9.59 Å². The molecule has 82 valence electrons. The van der Waals surface area contributed by atoms with Crippen LogP contribution < -0.4 is 11.5 Å². The van der Waals surface area contributed by atoms with Crippen molar-refractivity contribution in [1.82, 2.24) is 0 Å². The summed E-state index contributed by atoms with van der Waals surface area (Å²) < 4.78 is 0. The van der Waals surface area contributed by atoms with Crippen LogP contribution in [0.1, 0.15) is 20.3 Å². The van der Waals surface area contributed by atoms with Gasteiger partial charge in [0.15, 0.2) is 0 Å². The highest BCUT2D eigenvalue weighted by Crippen LogP contribution is 2.22. The molecule has 0 aromatic rings. The number of amides is 2. The Balaban J connectivity index is 4.82. The van der Waals surface area contributed by atoms with Crippen molar-refractivity contribution >= 4 is 11.8 Å². The Morgan fingerprint density at radius 1 is 1.29 bits per heavy atom. The number of aliphatic hydroxyl groups is 2. The molecule has 0 saturated heterocycles. The minimum absolute atomic E-state index is 0.00877. The lowest BCUT2D eigenvalue weighted by Crippen LogP contribution is -2.54.